The maximum absolute atomic E-state index is 13.0. The second kappa shape index (κ2) is 8.54. The predicted octanol–water partition coefficient (Wildman–Crippen LogP) is 2.60. The Hall–Kier alpha value is -2.39. The van der Waals surface area contributed by atoms with Gasteiger partial charge in [0.2, 0.25) is 10.0 Å². The molecule has 1 aromatic carbocycles. The van der Waals surface area contributed by atoms with Crippen molar-refractivity contribution in [3.05, 3.63) is 30.9 Å². The number of imide groups is 1. The van der Waals surface area contributed by atoms with Gasteiger partial charge < -0.3 is 4.74 Å². The second-order valence-electron chi connectivity index (χ2n) is 7.42. The molecule has 9 heteroatoms. The fourth-order valence-corrected chi connectivity index (χ4v) is 5.05. The van der Waals surface area contributed by atoms with Crippen LogP contribution in [0.4, 0.5) is 10.5 Å². The summed E-state index contributed by atoms with van der Waals surface area (Å²) in [5.41, 5.74) is 0.376. The van der Waals surface area contributed by atoms with Gasteiger partial charge in [-0.2, -0.15) is 4.31 Å². The van der Waals surface area contributed by atoms with Crippen LogP contribution in [0.2, 0.25) is 0 Å². The highest BCUT2D eigenvalue weighted by atomic mass is 32.2. The molecule has 2 saturated heterocycles. The van der Waals surface area contributed by atoms with Gasteiger partial charge in [-0.3, -0.25) is 14.6 Å². The van der Waals surface area contributed by atoms with Crippen molar-refractivity contribution in [2.75, 3.05) is 31.1 Å². The number of amides is 3. The summed E-state index contributed by atoms with van der Waals surface area (Å²) in [5.74, 6) is -0.0740. The summed E-state index contributed by atoms with van der Waals surface area (Å²) >= 11 is 0. The molecule has 2 aliphatic rings. The van der Waals surface area contributed by atoms with Gasteiger partial charge in [0.1, 0.15) is 12.3 Å². The fraction of sp³-hybridized carbons (Fsp3) is 0.500. The Balaban J connectivity index is 1.98. The van der Waals surface area contributed by atoms with Crippen LogP contribution < -0.4 is 9.64 Å². The first-order valence-corrected chi connectivity index (χ1v) is 11.2. The van der Waals surface area contributed by atoms with Gasteiger partial charge in [-0.15, -0.1) is 6.58 Å². The van der Waals surface area contributed by atoms with Gasteiger partial charge in [-0.05, 0) is 38.8 Å². The van der Waals surface area contributed by atoms with E-state index < -0.39 is 16.1 Å². The Morgan fingerprint density at radius 1 is 1.17 bits per heavy atom. The Morgan fingerprint density at radius 2 is 1.86 bits per heavy atom. The third kappa shape index (κ3) is 4.30. The van der Waals surface area contributed by atoms with E-state index in [1.165, 1.54) is 33.5 Å². The van der Waals surface area contributed by atoms with Gasteiger partial charge in [0.25, 0.3) is 5.91 Å². The van der Waals surface area contributed by atoms with Gasteiger partial charge in [-0.25, -0.2) is 13.2 Å². The third-order valence-corrected chi connectivity index (χ3v) is 6.80. The molecule has 3 rings (SSSR count). The molecule has 0 bridgehead atoms. The number of carbonyl (C=O) groups is 2. The number of sulfonamides is 1. The van der Waals surface area contributed by atoms with Crippen LogP contribution in [0.25, 0.3) is 0 Å². The van der Waals surface area contributed by atoms with Gasteiger partial charge >= 0.3 is 6.03 Å². The summed E-state index contributed by atoms with van der Waals surface area (Å²) < 4.78 is 33.4. The molecule has 2 heterocycles. The molecule has 0 atom stereocenters. The van der Waals surface area contributed by atoms with Crippen molar-refractivity contribution in [1.29, 1.82) is 0 Å². The summed E-state index contributed by atoms with van der Waals surface area (Å²) in [7, 11) is -3.65. The standard InChI is InChI=1S/C20H27N3O5S/c1-4-10-22-19(24)14-23(20(22)25)17-9-8-16(13-18(17)28-15(2)3)29(26,27)21-11-6-5-7-12-21/h4,8-9,13,15H,1,5-7,10-12,14H2,2-3H3. The lowest BCUT2D eigenvalue weighted by Gasteiger charge is -2.27. The van der Waals surface area contributed by atoms with E-state index in [4.69, 9.17) is 4.74 Å². The van der Waals surface area contributed by atoms with Crippen LogP contribution in [0, 0.1) is 0 Å². The summed E-state index contributed by atoms with van der Waals surface area (Å²) in [4.78, 5) is 27.4. The molecule has 0 radical (unpaired) electrons. The lowest BCUT2D eigenvalue weighted by atomic mass is 10.2. The van der Waals surface area contributed by atoms with Gasteiger partial charge in [0, 0.05) is 25.7 Å². The Bertz CT molecular complexity index is 907. The van der Waals surface area contributed by atoms with Crippen molar-refractivity contribution >= 4 is 27.6 Å². The lowest BCUT2D eigenvalue weighted by Crippen LogP contribution is -2.35. The van der Waals surface area contributed by atoms with Crippen LogP contribution in [-0.4, -0.2) is 61.8 Å². The van der Waals surface area contributed by atoms with Crippen LogP contribution in [-0.2, 0) is 14.8 Å². The number of nitrogens with zero attached hydrogens (tertiary/aromatic N) is 3. The minimum absolute atomic E-state index is 0.121. The highest BCUT2D eigenvalue weighted by Crippen LogP contribution is 2.35. The second-order valence-corrected chi connectivity index (χ2v) is 9.36. The topological polar surface area (TPSA) is 87.2 Å². The molecule has 1 aromatic rings. The molecule has 2 fully saturated rings. The Labute approximate surface area is 171 Å². The van der Waals surface area contributed by atoms with Gasteiger partial charge in [0.05, 0.1) is 16.7 Å². The van der Waals surface area contributed by atoms with E-state index in [0.29, 0.717) is 18.8 Å². The third-order valence-electron chi connectivity index (χ3n) is 4.91. The number of carbonyl (C=O) groups excluding carboxylic acids is 2. The number of benzene rings is 1. The number of ether oxygens (including phenoxy) is 1. The zero-order valence-electron chi connectivity index (χ0n) is 16.8. The molecule has 0 aliphatic carbocycles. The van der Waals surface area contributed by atoms with Crippen molar-refractivity contribution < 1.29 is 22.7 Å². The molecule has 2 aliphatic heterocycles. The minimum Gasteiger partial charge on any atom is -0.489 e. The molecule has 158 valence electrons. The fourth-order valence-electron chi connectivity index (χ4n) is 3.52. The first kappa shape index (κ1) is 21.3. The largest absolute Gasteiger partial charge is 0.489 e. The monoisotopic (exact) mass is 421 g/mol. The zero-order chi connectivity index (χ0) is 21.2. The van der Waals surface area contributed by atoms with Crippen LogP contribution in [0.5, 0.6) is 5.75 Å². The van der Waals surface area contributed by atoms with Crippen LogP contribution >= 0.6 is 0 Å². The van der Waals surface area contributed by atoms with E-state index in [2.05, 4.69) is 6.58 Å². The summed E-state index contributed by atoms with van der Waals surface area (Å²) in [6.45, 7) is 8.20. The zero-order valence-corrected chi connectivity index (χ0v) is 17.7. The predicted molar refractivity (Wildman–Crippen MR) is 109 cm³/mol. The van der Waals surface area contributed by atoms with Crippen LogP contribution in [0.1, 0.15) is 33.1 Å². The first-order chi connectivity index (χ1) is 13.8. The summed E-state index contributed by atoms with van der Waals surface area (Å²) in [5, 5.41) is 0. The smallest absolute Gasteiger partial charge is 0.332 e. The van der Waals surface area contributed by atoms with Crippen molar-refractivity contribution in [3.63, 3.8) is 0 Å². The van der Waals surface area contributed by atoms with Crippen molar-refractivity contribution in [3.8, 4) is 5.75 Å². The number of piperidine rings is 1. The molecular weight excluding hydrogens is 394 g/mol. The molecule has 29 heavy (non-hydrogen) atoms. The van der Waals surface area contributed by atoms with E-state index >= 15 is 0 Å². The Morgan fingerprint density at radius 3 is 2.48 bits per heavy atom. The maximum Gasteiger partial charge on any atom is 0.332 e. The van der Waals surface area contributed by atoms with Crippen molar-refractivity contribution in [1.82, 2.24) is 9.21 Å². The van der Waals surface area contributed by atoms with E-state index in [1.807, 2.05) is 13.8 Å². The first-order valence-electron chi connectivity index (χ1n) is 9.79. The number of urea groups is 1. The number of hydrogen-bond acceptors (Lipinski definition) is 5. The van der Waals surface area contributed by atoms with E-state index in [0.717, 1.165) is 24.2 Å². The minimum atomic E-state index is -3.65. The van der Waals surface area contributed by atoms with Gasteiger partial charge in [-0.1, -0.05) is 12.5 Å². The number of hydrogen-bond donors (Lipinski definition) is 0. The average molecular weight is 422 g/mol. The SMILES string of the molecule is C=CCN1C(=O)CN(c2ccc(S(=O)(=O)N3CCCCC3)cc2OC(C)C)C1=O. The van der Waals surface area contributed by atoms with Crippen molar-refractivity contribution in [2.45, 2.75) is 44.1 Å². The van der Waals surface area contributed by atoms with Crippen LogP contribution in [0.15, 0.2) is 35.7 Å². The van der Waals surface area contributed by atoms with Gasteiger partial charge in [0.15, 0.2) is 0 Å². The normalized spacial score (nSPS) is 18.6. The molecule has 0 saturated carbocycles. The van der Waals surface area contributed by atoms with Crippen molar-refractivity contribution in [2.24, 2.45) is 0 Å². The number of rotatable bonds is 7. The average Bonchev–Trinajstić information content (AvgIpc) is 2.96. The molecule has 0 spiro atoms. The van der Waals surface area contributed by atoms with E-state index in [9.17, 15) is 18.0 Å². The van der Waals surface area contributed by atoms with Crippen LogP contribution in [0.3, 0.4) is 0 Å². The molecule has 8 nitrogen and oxygen atoms in total. The lowest BCUT2D eigenvalue weighted by molar-refractivity contribution is -0.124. The highest BCUT2D eigenvalue weighted by Gasteiger charge is 2.38. The maximum atomic E-state index is 13.0. The molecule has 0 unspecified atom stereocenters. The number of anilines is 1. The summed E-state index contributed by atoms with van der Waals surface area (Å²) in [6.07, 6.45) is 3.96. The summed E-state index contributed by atoms with van der Waals surface area (Å²) in [6, 6.07) is 3.99. The molecule has 0 aromatic heterocycles. The van der Waals surface area contributed by atoms with E-state index in [-0.39, 0.29) is 35.7 Å². The quantitative estimate of drug-likeness (QED) is 0.499. The Kier molecular flexibility index (Phi) is 6.28. The molecule has 0 N–H and O–H groups in total. The molecular formula is C20H27N3O5S. The highest BCUT2D eigenvalue weighted by molar-refractivity contribution is 7.89. The van der Waals surface area contributed by atoms with E-state index in [1.54, 1.807) is 0 Å². The molecule has 3 amide bonds.